The number of rotatable bonds is 5. The van der Waals surface area contributed by atoms with Crippen LogP contribution in [-0.4, -0.2) is 17.0 Å². The molecule has 1 heterocycles. The first-order chi connectivity index (χ1) is 10.7. The summed E-state index contributed by atoms with van der Waals surface area (Å²) in [5.41, 5.74) is 0.930. The molecule has 0 saturated carbocycles. The number of benzene rings is 2. The van der Waals surface area contributed by atoms with Crippen LogP contribution in [0.5, 0.6) is 5.75 Å². The first-order valence-electron chi connectivity index (χ1n) is 6.28. The van der Waals surface area contributed by atoms with Crippen LogP contribution < -0.4 is 9.46 Å². The lowest BCUT2D eigenvalue weighted by Gasteiger charge is -2.02. The summed E-state index contributed by atoms with van der Waals surface area (Å²) in [6, 6.07) is 12.2. The van der Waals surface area contributed by atoms with Crippen LogP contribution in [0.2, 0.25) is 0 Å². The molecule has 0 aliphatic rings. The summed E-state index contributed by atoms with van der Waals surface area (Å²) in [7, 11) is 1.62. The number of thiazole rings is 1. The van der Waals surface area contributed by atoms with Gasteiger partial charge in [-0.1, -0.05) is 23.5 Å². The molecule has 0 saturated heterocycles. The second-order valence-corrected chi connectivity index (χ2v) is 6.16. The summed E-state index contributed by atoms with van der Waals surface area (Å²) in [5.74, 6) is 0.772. The maximum absolute atomic E-state index is 11.0. The predicted molar refractivity (Wildman–Crippen MR) is 88.7 cm³/mol. The molecule has 0 spiro atoms. The maximum atomic E-state index is 11.0. The van der Waals surface area contributed by atoms with Crippen LogP contribution in [0.4, 0.5) is 10.8 Å². The number of aromatic nitrogens is 1. The van der Waals surface area contributed by atoms with Gasteiger partial charge in [0.15, 0.2) is 5.13 Å². The number of fused-ring (bicyclic) bond motifs is 1. The zero-order valence-electron chi connectivity index (χ0n) is 11.5. The lowest BCUT2D eigenvalue weighted by atomic mass is 10.3. The first kappa shape index (κ1) is 14.6. The molecule has 6 nitrogen and oxygen atoms in total. The van der Waals surface area contributed by atoms with Crippen LogP contribution in [0.25, 0.3) is 10.2 Å². The van der Waals surface area contributed by atoms with Crippen LogP contribution in [0.3, 0.4) is 0 Å². The largest absolute Gasteiger partial charge is 0.497 e. The van der Waals surface area contributed by atoms with Crippen LogP contribution >= 0.6 is 23.3 Å². The van der Waals surface area contributed by atoms with Crippen LogP contribution in [-0.2, 0) is 0 Å². The fourth-order valence-corrected chi connectivity index (χ4v) is 3.54. The number of nitrogens with one attached hydrogen (secondary N) is 1. The Hall–Kier alpha value is -2.32. The zero-order valence-corrected chi connectivity index (χ0v) is 13.1. The molecule has 112 valence electrons. The molecule has 1 N–H and O–H groups in total. The fourth-order valence-electron chi connectivity index (χ4n) is 1.87. The number of nitro benzene ring substituents is 1. The Bertz CT molecular complexity index is 835. The topological polar surface area (TPSA) is 77.3 Å². The number of nitro groups is 1. The second-order valence-electron chi connectivity index (χ2n) is 4.28. The summed E-state index contributed by atoms with van der Waals surface area (Å²) in [6.45, 7) is 0. The normalized spacial score (nSPS) is 10.6. The standard InChI is InChI=1S/C14H11N3O3S2/c1-20-9-6-7-10-13(8-9)21-14(15-10)16-22-12-5-3-2-4-11(12)17(18)19/h2-8H,1H3,(H,15,16). The van der Waals surface area contributed by atoms with Gasteiger partial charge in [-0.05, 0) is 36.2 Å². The van der Waals surface area contributed by atoms with Gasteiger partial charge >= 0.3 is 0 Å². The summed E-state index contributed by atoms with van der Waals surface area (Å²) in [5, 5.41) is 11.7. The van der Waals surface area contributed by atoms with Crippen molar-refractivity contribution in [1.82, 2.24) is 4.98 Å². The van der Waals surface area contributed by atoms with Gasteiger partial charge in [0.1, 0.15) is 10.6 Å². The van der Waals surface area contributed by atoms with Gasteiger partial charge in [-0.3, -0.25) is 10.1 Å². The lowest BCUT2D eigenvalue weighted by molar-refractivity contribution is -0.387. The van der Waals surface area contributed by atoms with E-state index in [0.29, 0.717) is 10.0 Å². The number of hydrogen-bond donors (Lipinski definition) is 1. The molecule has 8 heteroatoms. The van der Waals surface area contributed by atoms with E-state index in [2.05, 4.69) is 9.71 Å². The SMILES string of the molecule is COc1ccc2nc(NSc3ccccc3[N+](=O)[O-])sc2c1. The van der Waals surface area contributed by atoms with Crippen molar-refractivity contribution in [1.29, 1.82) is 0 Å². The molecule has 22 heavy (non-hydrogen) atoms. The van der Waals surface area contributed by atoms with E-state index in [0.717, 1.165) is 16.0 Å². The summed E-state index contributed by atoms with van der Waals surface area (Å²) in [4.78, 5) is 15.6. The van der Waals surface area contributed by atoms with E-state index >= 15 is 0 Å². The summed E-state index contributed by atoms with van der Waals surface area (Å²) in [6.07, 6.45) is 0. The zero-order chi connectivity index (χ0) is 15.5. The summed E-state index contributed by atoms with van der Waals surface area (Å²) < 4.78 is 9.23. The molecule has 0 aliphatic carbocycles. The molecule has 0 atom stereocenters. The average Bonchev–Trinajstić information content (AvgIpc) is 2.94. The number of methoxy groups -OCH3 is 1. The number of hydrogen-bond acceptors (Lipinski definition) is 7. The van der Waals surface area contributed by atoms with Gasteiger partial charge in [0.2, 0.25) is 0 Å². The minimum atomic E-state index is -0.396. The van der Waals surface area contributed by atoms with Crippen molar-refractivity contribution in [3.8, 4) is 5.75 Å². The van der Waals surface area contributed by atoms with Crippen molar-refractivity contribution in [3.63, 3.8) is 0 Å². The second kappa shape index (κ2) is 6.20. The van der Waals surface area contributed by atoms with Crippen molar-refractivity contribution in [2.45, 2.75) is 4.90 Å². The van der Waals surface area contributed by atoms with E-state index in [-0.39, 0.29) is 5.69 Å². The molecule has 0 amide bonds. The van der Waals surface area contributed by atoms with E-state index in [9.17, 15) is 10.1 Å². The van der Waals surface area contributed by atoms with E-state index < -0.39 is 4.92 Å². The number of ether oxygens (including phenoxy) is 1. The van der Waals surface area contributed by atoms with Gasteiger partial charge in [-0.25, -0.2) is 4.98 Å². The number of nitrogens with zero attached hydrogens (tertiary/aromatic N) is 2. The third-order valence-corrected chi connectivity index (χ3v) is 4.83. The highest BCUT2D eigenvalue weighted by molar-refractivity contribution is 8.00. The monoisotopic (exact) mass is 333 g/mol. The highest BCUT2D eigenvalue weighted by Gasteiger charge is 2.13. The van der Waals surface area contributed by atoms with Crippen LogP contribution in [0.15, 0.2) is 47.4 Å². The number of para-hydroxylation sites is 1. The molecule has 3 aromatic rings. The van der Waals surface area contributed by atoms with Crippen LogP contribution in [0.1, 0.15) is 0 Å². The van der Waals surface area contributed by atoms with Crippen molar-refractivity contribution >= 4 is 44.3 Å². The highest BCUT2D eigenvalue weighted by atomic mass is 32.2. The average molecular weight is 333 g/mol. The first-order valence-corrected chi connectivity index (χ1v) is 7.91. The van der Waals surface area contributed by atoms with Crippen molar-refractivity contribution in [2.75, 3.05) is 11.8 Å². The molecule has 2 aromatic carbocycles. The Morgan fingerprint density at radius 3 is 2.91 bits per heavy atom. The molecule has 0 bridgehead atoms. The van der Waals surface area contributed by atoms with Crippen molar-refractivity contribution < 1.29 is 9.66 Å². The van der Waals surface area contributed by atoms with Gasteiger partial charge in [-0.2, -0.15) is 0 Å². The molecule has 3 rings (SSSR count). The van der Waals surface area contributed by atoms with Gasteiger partial charge < -0.3 is 9.46 Å². The molecule has 0 fully saturated rings. The van der Waals surface area contributed by atoms with E-state index in [1.165, 1.54) is 29.4 Å². The Balaban J connectivity index is 1.81. The Morgan fingerprint density at radius 1 is 1.32 bits per heavy atom. The predicted octanol–water partition coefficient (Wildman–Crippen LogP) is 4.33. The minimum absolute atomic E-state index is 0.0720. The minimum Gasteiger partial charge on any atom is -0.497 e. The fraction of sp³-hybridized carbons (Fsp3) is 0.0714. The molecule has 0 radical (unpaired) electrons. The smallest absolute Gasteiger partial charge is 0.284 e. The Labute approximate surface area is 134 Å². The molecule has 0 aliphatic heterocycles. The van der Waals surface area contributed by atoms with Crippen molar-refractivity contribution in [2.24, 2.45) is 0 Å². The third kappa shape index (κ3) is 2.97. The van der Waals surface area contributed by atoms with Crippen LogP contribution in [0, 0.1) is 10.1 Å². The van der Waals surface area contributed by atoms with E-state index in [1.807, 2.05) is 18.2 Å². The quantitative estimate of drug-likeness (QED) is 0.425. The highest BCUT2D eigenvalue weighted by Crippen LogP contribution is 2.34. The maximum Gasteiger partial charge on any atom is 0.284 e. The Kier molecular flexibility index (Phi) is 4.12. The van der Waals surface area contributed by atoms with Gasteiger partial charge in [-0.15, -0.1) is 0 Å². The molecule has 1 aromatic heterocycles. The lowest BCUT2D eigenvalue weighted by Crippen LogP contribution is -1.92. The number of anilines is 1. The van der Waals surface area contributed by atoms with Gasteiger partial charge in [0.25, 0.3) is 5.69 Å². The Morgan fingerprint density at radius 2 is 2.14 bits per heavy atom. The van der Waals surface area contributed by atoms with E-state index in [4.69, 9.17) is 4.74 Å². The van der Waals surface area contributed by atoms with Gasteiger partial charge in [0.05, 0.1) is 22.2 Å². The van der Waals surface area contributed by atoms with Crippen molar-refractivity contribution in [3.05, 3.63) is 52.6 Å². The molecular weight excluding hydrogens is 322 g/mol. The van der Waals surface area contributed by atoms with Gasteiger partial charge in [0, 0.05) is 6.07 Å². The molecular formula is C14H11N3O3S2. The third-order valence-electron chi connectivity index (χ3n) is 2.91. The molecule has 0 unspecified atom stereocenters. The van der Waals surface area contributed by atoms with E-state index in [1.54, 1.807) is 25.3 Å². The summed E-state index contributed by atoms with van der Waals surface area (Å²) >= 11 is 2.65.